The maximum atomic E-state index is 11.1. The second kappa shape index (κ2) is 6.06. The third kappa shape index (κ3) is 5.05. The second-order valence-electron chi connectivity index (χ2n) is 3.61. The standard InChI is InChI=1S/C10H16N2O3/c13-9(14)7-12-10(15)11-6-8-4-2-1-3-5-8/h1-2,8H,3-7H2,(H,13,14)(H2,11,12,15). The summed E-state index contributed by atoms with van der Waals surface area (Å²) in [5.41, 5.74) is 0. The van der Waals surface area contributed by atoms with Gasteiger partial charge in [0.15, 0.2) is 0 Å². The van der Waals surface area contributed by atoms with Crippen LogP contribution in [0.25, 0.3) is 0 Å². The van der Waals surface area contributed by atoms with Crippen molar-refractivity contribution in [1.29, 1.82) is 0 Å². The minimum atomic E-state index is -1.04. The highest BCUT2D eigenvalue weighted by Crippen LogP contribution is 2.16. The van der Waals surface area contributed by atoms with Crippen LogP contribution in [0.1, 0.15) is 19.3 Å². The minimum absolute atomic E-state index is 0.337. The molecule has 0 saturated heterocycles. The molecule has 0 aromatic carbocycles. The Labute approximate surface area is 88.5 Å². The number of carbonyl (C=O) groups is 2. The van der Waals surface area contributed by atoms with Crippen LogP contribution in [0.4, 0.5) is 4.79 Å². The van der Waals surface area contributed by atoms with Crippen LogP contribution in [-0.2, 0) is 4.79 Å². The molecule has 0 spiro atoms. The molecule has 1 aliphatic rings. The Morgan fingerprint density at radius 1 is 1.33 bits per heavy atom. The number of carboxylic acids is 1. The van der Waals surface area contributed by atoms with E-state index in [4.69, 9.17) is 5.11 Å². The number of nitrogens with one attached hydrogen (secondary N) is 2. The number of aliphatic carboxylic acids is 1. The fourth-order valence-electron chi connectivity index (χ4n) is 1.50. The highest BCUT2D eigenvalue weighted by molar-refractivity contribution is 5.79. The number of hydrogen-bond acceptors (Lipinski definition) is 2. The summed E-state index contributed by atoms with van der Waals surface area (Å²) in [6.45, 7) is 0.270. The number of urea groups is 1. The van der Waals surface area contributed by atoms with Crippen molar-refractivity contribution in [2.45, 2.75) is 19.3 Å². The summed E-state index contributed by atoms with van der Waals surface area (Å²) >= 11 is 0. The van der Waals surface area contributed by atoms with Crippen molar-refractivity contribution in [2.24, 2.45) is 5.92 Å². The van der Waals surface area contributed by atoms with Gasteiger partial charge < -0.3 is 15.7 Å². The normalized spacial score (nSPS) is 19.6. The molecule has 0 bridgehead atoms. The van der Waals surface area contributed by atoms with E-state index < -0.39 is 12.0 Å². The molecule has 2 amide bonds. The van der Waals surface area contributed by atoms with E-state index in [1.807, 2.05) is 0 Å². The van der Waals surface area contributed by atoms with Gasteiger partial charge in [0.05, 0.1) is 0 Å². The van der Waals surface area contributed by atoms with Crippen LogP contribution in [-0.4, -0.2) is 30.2 Å². The van der Waals surface area contributed by atoms with E-state index >= 15 is 0 Å². The zero-order valence-corrected chi connectivity index (χ0v) is 8.53. The first-order chi connectivity index (χ1) is 7.18. The van der Waals surface area contributed by atoms with Gasteiger partial charge in [-0.3, -0.25) is 4.79 Å². The van der Waals surface area contributed by atoms with Gasteiger partial charge in [-0.25, -0.2) is 4.79 Å². The number of rotatable bonds is 4. The Balaban J connectivity index is 2.10. The summed E-state index contributed by atoms with van der Waals surface area (Å²) in [5, 5.41) is 13.2. The maximum absolute atomic E-state index is 11.1. The molecule has 0 aliphatic heterocycles. The first-order valence-electron chi connectivity index (χ1n) is 5.07. The molecule has 3 N–H and O–H groups in total. The van der Waals surface area contributed by atoms with Crippen LogP contribution in [0.3, 0.4) is 0 Å². The minimum Gasteiger partial charge on any atom is -0.480 e. The highest BCUT2D eigenvalue weighted by Gasteiger charge is 2.11. The van der Waals surface area contributed by atoms with Crippen molar-refractivity contribution >= 4 is 12.0 Å². The molecular weight excluding hydrogens is 196 g/mol. The van der Waals surface area contributed by atoms with Crippen LogP contribution in [0.5, 0.6) is 0 Å². The fraction of sp³-hybridized carbons (Fsp3) is 0.600. The summed E-state index contributed by atoms with van der Waals surface area (Å²) in [6, 6.07) is -0.410. The van der Waals surface area contributed by atoms with Gasteiger partial charge in [0.25, 0.3) is 0 Å². The molecule has 0 aromatic heterocycles. The Morgan fingerprint density at radius 2 is 2.13 bits per heavy atom. The van der Waals surface area contributed by atoms with Gasteiger partial charge >= 0.3 is 12.0 Å². The molecule has 5 nitrogen and oxygen atoms in total. The van der Waals surface area contributed by atoms with Crippen molar-refractivity contribution < 1.29 is 14.7 Å². The lowest BCUT2D eigenvalue weighted by Crippen LogP contribution is -2.40. The van der Waals surface area contributed by atoms with Crippen molar-refractivity contribution in [3.05, 3.63) is 12.2 Å². The first kappa shape index (κ1) is 11.6. The highest BCUT2D eigenvalue weighted by atomic mass is 16.4. The van der Waals surface area contributed by atoms with Crippen molar-refractivity contribution in [3.8, 4) is 0 Å². The summed E-state index contributed by atoms with van der Waals surface area (Å²) < 4.78 is 0. The van der Waals surface area contributed by atoms with E-state index in [9.17, 15) is 9.59 Å². The van der Waals surface area contributed by atoms with E-state index in [0.717, 1.165) is 19.3 Å². The third-order valence-electron chi connectivity index (χ3n) is 2.33. The van der Waals surface area contributed by atoms with Gasteiger partial charge in [0.1, 0.15) is 6.54 Å². The molecule has 0 heterocycles. The monoisotopic (exact) mass is 212 g/mol. The van der Waals surface area contributed by atoms with Crippen LogP contribution in [0.15, 0.2) is 12.2 Å². The molecule has 1 atom stereocenters. The zero-order chi connectivity index (χ0) is 11.1. The van der Waals surface area contributed by atoms with Gasteiger partial charge in [-0.2, -0.15) is 0 Å². The Bertz CT molecular complexity index is 263. The van der Waals surface area contributed by atoms with Gasteiger partial charge in [0, 0.05) is 6.54 Å². The number of carbonyl (C=O) groups excluding carboxylic acids is 1. The fourth-order valence-corrected chi connectivity index (χ4v) is 1.50. The maximum Gasteiger partial charge on any atom is 0.323 e. The molecular formula is C10H16N2O3. The van der Waals surface area contributed by atoms with Crippen LogP contribution < -0.4 is 10.6 Å². The van der Waals surface area contributed by atoms with Crippen LogP contribution >= 0.6 is 0 Å². The summed E-state index contributed by atoms with van der Waals surface area (Å²) in [5.74, 6) is -0.559. The first-order valence-corrected chi connectivity index (χ1v) is 5.07. The van der Waals surface area contributed by atoms with Gasteiger partial charge in [-0.05, 0) is 25.2 Å². The molecule has 0 saturated carbocycles. The lowest BCUT2D eigenvalue weighted by Gasteiger charge is -2.17. The van der Waals surface area contributed by atoms with E-state index in [-0.39, 0.29) is 6.54 Å². The Kier molecular flexibility index (Phi) is 4.66. The van der Waals surface area contributed by atoms with Crippen LogP contribution in [0.2, 0.25) is 0 Å². The van der Waals surface area contributed by atoms with Crippen molar-refractivity contribution in [3.63, 3.8) is 0 Å². The zero-order valence-electron chi connectivity index (χ0n) is 8.53. The number of allylic oxidation sites excluding steroid dienone is 2. The van der Waals surface area contributed by atoms with E-state index in [1.165, 1.54) is 0 Å². The van der Waals surface area contributed by atoms with Crippen molar-refractivity contribution in [1.82, 2.24) is 10.6 Å². The quantitative estimate of drug-likeness (QED) is 0.601. The molecule has 1 unspecified atom stereocenters. The molecule has 15 heavy (non-hydrogen) atoms. The number of amides is 2. The Morgan fingerprint density at radius 3 is 2.73 bits per heavy atom. The predicted octanol–water partition coefficient (Wildman–Crippen LogP) is 0.726. The van der Waals surface area contributed by atoms with E-state index in [1.54, 1.807) is 0 Å². The largest absolute Gasteiger partial charge is 0.480 e. The average molecular weight is 212 g/mol. The predicted molar refractivity (Wildman–Crippen MR) is 55.5 cm³/mol. The molecule has 5 heteroatoms. The topological polar surface area (TPSA) is 78.4 Å². The third-order valence-corrected chi connectivity index (χ3v) is 2.33. The molecule has 84 valence electrons. The SMILES string of the molecule is O=C(O)CNC(=O)NCC1CC=CCC1. The summed E-state index contributed by atoms with van der Waals surface area (Å²) in [6.07, 6.45) is 7.38. The average Bonchev–Trinajstić information content (AvgIpc) is 2.25. The smallest absolute Gasteiger partial charge is 0.323 e. The summed E-state index contributed by atoms with van der Waals surface area (Å²) in [7, 11) is 0. The summed E-state index contributed by atoms with van der Waals surface area (Å²) in [4.78, 5) is 21.2. The number of carboxylic acid groups (broad SMARTS) is 1. The van der Waals surface area contributed by atoms with E-state index in [0.29, 0.717) is 12.5 Å². The number of hydrogen-bond donors (Lipinski definition) is 3. The molecule has 0 fully saturated rings. The van der Waals surface area contributed by atoms with E-state index in [2.05, 4.69) is 22.8 Å². The van der Waals surface area contributed by atoms with Gasteiger partial charge in [0.2, 0.25) is 0 Å². The second-order valence-corrected chi connectivity index (χ2v) is 3.61. The lowest BCUT2D eigenvalue weighted by molar-refractivity contribution is -0.135. The molecule has 0 radical (unpaired) electrons. The molecule has 1 aliphatic carbocycles. The van der Waals surface area contributed by atoms with Crippen molar-refractivity contribution in [2.75, 3.05) is 13.1 Å². The van der Waals surface area contributed by atoms with Gasteiger partial charge in [-0.15, -0.1) is 0 Å². The van der Waals surface area contributed by atoms with Gasteiger partial charge in [-0.1, -0.05) is 12.2 Å². The van der Waals surface area contributed by atoms with Crippen LogP contribution in [0, 0.1) is 5.92 Å². The molecule has 0 aromatic rings. The lowest BCUT2D eigenvalue weighted by atomic mass is 9.94. The molecule has 1 rings (SSSR count). The Hall–Kier alpha value is -1.52.